The molecule has 1 atom stereocenters. The van der Waals surface area contributed by atoms with E-state index in [1.54, 1.807) is 4.90 Å². The maximum atomic E-state index is 12.6. The fourth-order valence-corrected chi connectivity index (χ4v) is 6.31. The van der Waals surface area contributed by atoms with Gasteiger partial charge < -0.3 is 14.4 Å². The van der Waals surface area contributed by atoms with E-state index in [4.69, 9.17) is 32.7 Å². The minimum Gasteiger partial charge on any atom is -0.484 e. The standard InChI is InChI=1S/C22H28Cl2N2O6S2/c1-22(2,3)32-21(27)26-7-5-15(6-8-26)20-25-16(12-33(20)28)11-31-19-17(23)9-14(10-18(19)24)13-34(4,29)30/h9-10,12,15H,5-8,11,13H2,1-4H3. The van der Waals surface area contributed by atoms with Crippen molar-refractivity contribution < 1.29 is 26.9 Å². The first-order valence-corrected chi connectivity index (χ1v) is 14.7. The molecule has 2 aliphatic rings. The molecule has 188 valence electrons. The van der Waals surface area contributed by atoms with Gasteiger partial charge in [0.1, 0.15) is 17.3 Å². The van der Waals surface area contributed by atoms with Gasteiger partial charge in [-0.1, -0.05) is 23.2 Å². The summed E-state index contributed by atoms with van der Waals surface area (Å²) < 4.78 is 46.8. The summed E-state index contributed by atoms with van der Waals surface area (Å²) in [7, 11) is -4.61. The molecule has 2 aliphatic heterocycles. The lowest BCUT2D eigenvalue weighted by molar-refractivity contribution is 0.0202. The summed E-state index contributed by atoms with van der Waals surface area (Å²) in [6.45, 7) is 6.51. The van der Waals surface area contributed by atoms with Crippen LogP contribution in [0.2, 0.25) is 10.0 Å². The van der Waals surface area contributed by atoms with Crippen LogP contribution in [0.5, 0.6) is 5.75 Å². The highest BCUT2D eigenvalue weighted by Crippen LogP contribution is 2.35. The van der Waals surface area contributed by atoms with E-state index in [1.165, 1.54) is 17.5 Å². The molecule has 2 heterocycles. The quantitative estimate of drug-likeness (QED) is 0.514. The number of halogens is 2. The van der Waals surface area contributed by atoms with E-state index in [1.807, 2.05) is 20.8 Å². The van der Waals surface area contributed by atoms with Crippen LogP contribution < -0.4 is 4.74 Å². The van der Waals surface area contributed by atoms with Gasteiger partial charge in [-0.05, 0) is 51.3 Å². The summed E-state index contributed by atoms with van der Waals surface area (Å²) in [6, 6.07) is 3.00. The van der Waals surface area contributed by atoms with E-state index < -0.39 is 26.2 Å². The lowest BCUT2D eigenvalue weighted by atomic mass is 9.98. The summed E-state index contributed by atoms with van der Waals surface area (Å²) in [5, 5.41) is 2.48. The third-order valence-electron chi connectivity index (χ3n) is 5.05. The fourth-order valence-electron chi connectivity index (χ4n) is 3.64. The molecule has 0 bridgehead atoms. The van der Waals surface area contributed by atoms with E-state index in [9.17, 15) is 17.4 Å². The third kappa shape index (κ3) is 7.44. The van der Waals surface area contributed by atoms with Gasteiger partial charge in [-0.15, -0.1) is 0 Å². The topological polar surface area (TPSA) is 102 Å². The van der Waals surface area contributed by atoms with E-state index in [2.05, 4.69) is 4.99 Å². The average molecular weight is 552 g/mol. The summed E-state index contributed by atoms with van der Waals surface area (Å²) in [6.07, 6.45) is 2.07. The van der Waals surface area contributed by atoms with Gasteiger partial charge in [-0.25, -0.2) is 22.4 Å². The highest BCUT2D eigenvalue weighted by atomic mass is 35.5. The van der Waals surface area contributed by atoms with Crippen molar-refractivity contribution >= 4 is 55.0 Å². The first-order valence-electron chi connectivity index (χ1n) is 10.7. The Kier molecular flexibility index (Phi) is 8.38. The van der Waals surface area contributed by atoms with Crippen molar-refractivity contribution in [3.05, 3.63) is 38.8 Å². The van der Waals surface area contributed by atoms with Gasteiger partial charge in [0.25, 0.3) is 0 Å². The number of ether oxygens (including phenoxy) is 2. The van der Waals surface area contributed by atoms with Crippen LogP contribution in [-0.4, -0.2) is 60.2 Å². The Morgan fingerprint density at radius 2 is 1.79 bits per heavy atom. The molecular formula is C22H28Cl2N2O6S2. The zero-order chi connectivity index (χ0) is 25.3. The van der Waals surface area contributed by atoms with Gasteiger partial charge in [-0.2, -0.15) is 0 Å². The molecule has 1 unspecified atom stereocenters. The summed E-state index contributed by atoms with van der Waals surface area (Å²) in [5.41, 5.74) is 0.406. The number of carbonyl (C=O) groups is 1. The maximum absolute atomic E-state index is 12.6. The van der Waals surface area contributed by atoms with Crippen LogP contribution in [0, 0.1) is 5.92 Å². The Bertz CT molecular complexity index is 1130. The number of likely N-dealkylation sites (tertiary alicyclic amines) is 1. The van der Waals surface area contributed by atoms with Crippen LogP contribution >= 0.6 is 23.2 Å². The Hall–Kier alpha value is -1.62. The van der Waals surface area contributed by atoms with E-state index in [0.29, 0.717) is 42.2 Å². The molecule has 1 aromatic rings. The second-order valence-corrected chi connectivity index (χ2v) is 13.5. The molecule has 12 heteroatoms. The molecule has 0 spiro atoms. The number of carbonyl (C=O) groups excluding carboxylic acids is 1. The van der Waals surface area contributed by atoms with Crippen LogP contribution in [0.15, 0.2) is 28.2 Å². The van der Waals surface area contributed by atoms with Gasteiger partial charge in [-0.3, -0.25) is 0 Å². The van der Waals surface area contributed by atoms with Crippen molar-refractivity contribution in [2.45, 2.75) is 45.0 Å². The molecule has 0 saturated carbocycles. The maximum Gasteiger partial charge on any atom is 0.410 e. The number of hydrogen-bond acceptors (Lipinski definition) is 7. The molecule has 0 radical (unpaired) electrons. The van der Waals surface area contributed by atoms with Gasteiger partial charge >= 0.3 is 6.09 Å². The van der Waals surface area contributed by atoms with Crippen LogP contribution in [-0.2, 0) is 31.1 Å². The van der Waals surface area contributed by atoms with Crippen molar-refractivity contribution in [2.75, 3.05) is 26.0 Å². The highest BCUT2D eigenvalue weighted by molar-refractivity contribution is 8.03. The SMILES string of the molecule is CC(C)(C)OC(=O)N1CCC(C2=NC(COc3c(Cl)cc(CS(C)(=O)=O)cc3Cl)=CS2=O)CC1. The van der Waals surface area contributed by atoms with Crippen molar-refractivity contribution in [2.24, 2.45) is 10.9 Å². The Morgan fingerprint density at radius 3 is 2.32 bits per heavy atom. The first kappa shape index (κ1) is 27.0. The van der Waals surface area contributed by atoms with Crippen molar-refractivity contribution in [3.63, 3.8) is 0 Å². The van der Waals surface area contributed by atoms with Gasteiger partial charge in [0, 0.05) is 30.7 Å². The van der Waals surface area contributed by atoms with Crippen LogP contribution in [0.1, 0.15) is 39.2 Å². The van der Waals surface area contributed by atoms with E-state index in [0.717, 1.165) is 6.26 Å². The Labute approximate surface area is 212 Å². The largest absolute Gasteiger partial charge is 0.484 e. The minimum atomic E-state index is -3.24. The van der Waals surface area contributed by atoms with E-state index in [-0.39, 0.29) is 40.2 Å². The molecule has 34 heavy (non-hydrogen) atoms. The minimum absolute atomic E-state index is 0.00396. The molecule has 0 aromatic heterocycles. The molecule has 8 nitrogen and oxygen atoms in total. The zero-order valence-electron chi connectivity index (χ0n) is 19.5. The number of benzene rings is 1. The number of aliphatic imine (C=N–C) groups is 1. The molecule has 1 saturated heterocycles. The third-order valence-corrected chi connectivity index (χ3v) is 7.79. The van der Waals surface area contributed by atoms with Crippen LogP contribution in [0.3, 0.4) is 0 Å². The lowest BCUT2D eigenvalue weighted by Gasteiger charge is -2.33. The highest BCUT2D eigenvalue weighted by Gasteiger charge is 2.32. The van der Waals surface area contributed by atoms with Crippen molar-refractivity contribution in [3.8, 4) is 5.75 Å². The Morgan fingerprint density at radius 1 is 1.21 bits per heavy atom. The number of amides is 1. The predicted octanol–water partition coefficient (Wildman–Crippen LogP) is 4.57. The summed E-state index contributed by atoms with van der Waals surface area (Å²) in [4.78, 5) is 18.4. The number of sulfone groups is 1. The molecular weight excluding hydrogens is 523 g/mol. The number of rotatable bonds is 6. The van der Waals surface area contributed by atoms with Gasteiger partial charge in [0.15, 0.2) is 15.6 Å². The van der Waals surface area contributed by atoms with Crippen molar-refractivity contribution in [1.82, 2.24) is 4.90 Å². The molecule has 0 aliphatic carbocycles. The molecule has 1 amide bonds. The molecule has 0 N–H and O–H groups in total. The fraction of sp³-hybridized carbons (Fsp3) is 0.545. The second kappa shape index (κ2) is 10.6. The summed E-state index contributed by atoms with van der Waals surface area (Å²) in [5.74, 6) is 0.0226. The van der Waals surface area contributed by atoms with Gasteiger partial charge in [0.2, 0.25) is 0 Å². The first-order chi connectivity index (χ1) is 15.7. The lowest BCUT2D eigenvalue weighted by Crippen LogP contribution is -2.43. The number of piperidine rings is 1. The molecule has 3 rings (SSSR count). The smallest absolute Gasteiger partial charge is 0.410 e. The van der Waals surface area contributed by atoms with Gasteiger partial charge in [0.05, 0.1) is 32.3 Å². The summed E-state index contributed by atoms with van der Waals surface area (Å²) >= 11 is 12.5. The van der Waals surface area contributed by atoms with Crippen LogP contribution in [0.25, 0.3) is 0 Å². The average Bonchev–Trinajstić information content (AvgIpc) is 3.05. The number of hydrogen-bond donors (Lipinski definition) is 0. The number of nitrogens with zero attached hydrogens (tertiary/aromatic N) is 2. The molecule has 1 aromatic carbocycles. The second-order valence-electron chi connectivity index (χ2n) is 9.35. The predicted molar refractivity (Wildman–Crippen MR) is 135 cm³/mol. The van der Waals surface area contributed by atoms with Crippen LogP contribution in [0.4, 0.5) is 4.79 Å². The van der Waals surface area contributed by atoms with E-state index >= 15 is 0 Å². The Balaban J connectivity index is 1.59. The van der Waals surface area contributed by atoms with Crippen molar-refractivity contribution in [1.29, 1.82) is 0 Å². The molecule has 1 fully saturated rings. The normalized spacial score (nSPS) is 19.6. The zero-order valence-corrected chi connectivity index (χ0v) is 22.6. The monoisotopic (exact) mass is 550 g/mol.